The van der Waals surface area contributed by atoms with Gasteiger partial charge in [0.15, 0.2) is 0 Å². The topological polar surface area (TPSA) is 42.2 Å². The number of aromatic nitrogens is 1. The molecular formula is C17H23N3. The lowest BCUT2D eigenvalue weighted by Gasteiger charge is -2.25. The van der Waals surface area contributed by atoms with Crippen molar-refractivity contribution >= 4 is 11.5 Å². The highest BCUT2D eigenvalue weighted by atomic mass is 15.2. The van der Waals surface area contributed by atoms with E-state index in [1.807, 2.05) is 19.2 Å². The number of hydrogen-bond donors (Lipinski definition) is 1. The van der Waals surface area contributed by atoms with Crippen LogP contribution in [0.3, 0.4) is 0 Å². The van der Waals surface area contributed by atoms with Crippen molar-refractivity contribution in [2.45, 2.75) is 33.2 Å². The molecule has 0 fully saturated rings. The Balaban J connectivity index is 2.41. The predicted octanol–water partition coefficient (Wildman–Crippen LogP) is 3.44. The van der Waals surface area contributed by atoms with Crippen LogP contribution in [0.25, 0.3) is 0 Å². The van der Waals surface area contributed by atoms with Crippen molar-refractivity contribution in [1.82, 2.24) is 4.98 Å². The Hall–Kier alpha value is -1.87. The van der Waals surface area contributed by atoms with Crippen molar-refractivity contribution in [1.29, 1.82) is 0 Å². The molecule has 0 saturated heterocycles. The number of aryl methyl sites for hydroxylation is 1. The fourth-order valence-corrected chi connectivity index (χ4v) is 2.43. The van der Waals surface area contributed by atoms with Gasteiger partial charge in [0, 0.05) is 24.5 Å². The number of hydrogen-bond acceptors (Lipinski definition) is 3. The van der Waals surface area contributed by atoms with Gasteiger partial charge in [-0.2, -0.15) is 0 Å². The Labute approximate surface area is 121 Å². The summed E-state index contributed by atoms with van der Waals surface area (Å²) in [5.41, 5.74) is 9.58. The number of pyridine rings is 1. The SMILES string of the molecule is CCN(c1cccc(C)c1)c1ncccc1CC(C)N. The van der Waals surface area contributed by atoms with E-state index in [2.05, 4.69) is 54.1 Å². The fourth-order valence-electron chi connectivity index (χ4n) is 2.43. The highest BCUT2D eigenvalue weighted by Crippen LogP contribution is 2.27. The van der Waals surface area contributed by atoms with Crippen LogP contribution in [-0.4, -0.2) is 17.6 Å². The van der Waals surface area contributed by atoms with Crippen LogP contribution < -0.4 is 10.6 Å². The van der Waals surface area contributed by atoms with E-state index in [9.17, 15) is 0 Å². The van der Waals surface area contributed by atoms with Gasteiger partial charge in [-0.05, 0) is 56.5 Å². The van der Waals surface area contributed by atoms with Crippen molar-refractivity contribution in [2.75, 3.05) is 11.4 Å². The molecule has 3 heteroatoms. The van der Waals surface area contributed by atoms with E-state index in [1.54, 1.807) is 0 Å². The Morgan fingerprint density at radius 3 is 2.70 bits per heavy atom. The van der Waals surface area contributed by atoms with E-state index in [0.717, 1.165) is 18.8 Å². The quantitative estimate of drug-likeness (QED) is 0.904. The second-order valence-electron chi connectivity index (χ2n) is 5.25. The summed E-state index contributed by atoms with van der Waals surface area (Å²) in [4.78, 5) is 6.82. The highest BCUT2D eigenvalue weighted by molar-refractivity contribution is 5.63. The van der Waals surface area contributed by atoms with Gasteiger partial charge >= 0.3 is 0 Å². The molecule has 0 saturated carbocycles. The zero-order valence-corrected chi connectivity index (χ0v) is 12.5. The lowest BCUT2D eigenvalue weighted by Crippen LogP contribution is -2.23. The third kappa shape index (κ3) is 3.36. The predicted molar refractivity (Wildman–Crippen MR) is 85.4 cm³/mol. The van der Waals surface area contributed by atoms with Gasteiger partial charge < -0.3 is 10.6 Å². The van der Waals surface area contributed by atoms with Crippen LogP contribution in [0.4, 0.5) is 11.5 Å². The fraction of sp³-hybridized carbons (Fsp3) is 0.353. The monoisotopic (exact) mass is 269 g/mol. The zero-order chi connectivity index (χ0) is 14.5. The molecule has 1 aromatic heterocycles. The summed E-state index contributed by atoms with van der Waals surface area (Å²) in [7, 11) is 0. The zero-order valence-electron chi connectivity index (χ0n) is 12.5. The Kier molecular flexibility index (Phi) is 4.74. The molecule has 0 aliphatic carbocycles. The Bertz CT molecular complexity index is 564. The average molecular weight is 269 g/mol. The minimum atomic E-state index is 0.133. The highest BCUT2D eigenvalue weighted by Gasteiger charge is 2.14. The van der Waals surface area contributed by atoms with Crippen LogP contribution in [0.15, 0.2) is 42.6 Å². The van der Waals surface area contributed by atoms with Crippen molar-refractivity contribution in [3.8, 4) is 0 Å². The molecule has 0 spiro atoms. The molecule has 0 aliphatic rings. The molecule has 0 aliphatic heterocycles. The first kappa shape index (κ1) is 14.5. The summed E-state index contributed by atoms with van der Waals surface area (Å²) in [6, 6.07) is 12.7. The van der Waals surface area contributed by atoms with Gasteiger partial charge in [-0.25, -0.2) is 4.98 Å². The van der Waals surface area contributed by atoms with E-state index < -0.39 is 0 Å². The third-order valence-electron chi connectivity index (χ3n) is 3.29. The molecule has 3 nitrogen and oxygen atoms in total. The van der Waals surface area contributed by atoms with Crippen LogP contribution in [0.1, 0.15) is 25.0 Å². The summed E-state index contributed by atoms with van der Waals surface area (Å²) in [5, 5.41) is 0. The molecule has 2 N–H and O–H groups in total. The molecule has 2 rings (SSSR count). The maximum atomic E-state index is 5.95. The Morgan fingerprint density at radius 1 is 1.25 bits per heavy atom. The average Bonchev–Trinajstić information content (AvgIpc) is 2.41. The van der Waals surface area contributed by atoms with Crippen molar-refractivity contribution in [2.24, 2.45) is 5.73 Å². The van der Waals surface area contributed by atoms with Crippen molar-refractivity contribution in [3.63, 3.8) is 0 Å². The first-order valence-electron chi connectivity index (χ1n) is 7.15. The molecule has 1 aromatic carbocycles. The van der Waals surface area contributed by atoms with Crippen molar-refractivity contribution < 1.29 is 0 Å². The second-order valence-corrected chi connectivity index (χ2v) is 5.25. The smallest absolute Gasteiger partial charge is 0.136 e. The second kappa shape index (κ2) is 6.53. The van der Waals surface area contributed by atoms with Gasteiger partial charge in [0.05, 0.1) is 0 Å². The van der Waals surface area contributed by atoms with E-state index >= 15 is 0 Å². The molecule has 0 amide bonds. The maximum absolute atomic E-state index is 5.95. The maximum Gasteiger partial charge on any atom is 0.136 e. The summed E-state index contributed by atoms with van der Waals surface area (Å²) in [6.45, 7) is 7.16. The molecule has 1 atom stereocenters. The minimum absolute atomic E-state index is 0.133. The van der Waals surface area contributed by atoms with E-state index in [1.165, 1.54) is 16.8 Å². The van der Waals surface area contributed by atoms with Gasteiger partial charge in [-0.15, -0.1) is 0 Å². The molecule has 2 aromatic rings. The Morgan fingerprint density at radius 2 is 2.05 bits per heavy atom. The van der Waals surface area contributed by atoms with Crippen LogP contribution in [0.5, 0.6) is 0 Å². The third-order valence-corrected chi connectivity index (χ3v) is 3.29. The van der Waals surface area contributed by atoms with E-state index in [-0.39, 0.29) is 6.04 Å². The van der Waals surface area contributed by atoms with Gasteiger partial charge in [0.2, 0.25) is 0 Å². The van der Waals surface area contributed by atoms with Crippen LogP contribution in [0.2, 0.25) is 0 Å². The normalized spacial score (nSPS) is 12.2. The summed E-state index contributed by atoms with van der Waals surface area (Å²) < 4.78 is 0. The number of nitrogens with zero attached hydrogens (tertiary/aromatic N) is 2. The summed E-state index contributed by atoms with van der Waals surface area (Å²) >= 11 is 0. The van der Waals surface area contributed by atoms with E-state index in [0.29, 0.717) is 0 Å². The minimum Gasteiger partial charge on any atom is -0.328 e. The number of rotatable bonds is 5. The standard InChI is InChI=1S/C17H23N3/c1-4-20(16-9-5-7-13(2)11-16)17-15(12-14(3)18)8-6-10-19-17/h5-11,14H,4,12,18H2,1-3H3. The first-order chi connectivity index (χ1) is 9.61. The first-order valence-corrected chi connectivity index (χ1v) is 7.15. The van der Waals surface area contributed by atoms with Gasteiger partial charge in [-0.3, -0.25) is 0 Å². The van der Waals surface area contributed by atoms with Gasteiger partial charge in [0.1, 0.15) is 5.82 Å². The number of nitrogens with two attached hydrogens (primary N) is 1. The molecule has 20 heavy (non-hydrogen) atoms. The lowest BCUT2D eigenvalue weighted by atomic mass is 10.1. The number of anilines is 2. The molecule has 1 unspecified atom stereocenters. The van der Waals surface area contributed by atoms with Gasteiger partial charge in [-0.1, -0.05) is 18.2 Å². The van der Waals surface area contributed by atoms with Crippen LogP contribution in [0, 0.1) is 6.92 Å². The molecular weight excluding hydrogens is 246 g/mol. The van der Waals surface area contributed by atoms with E-state index in [4.69, 9.17) is 5.73 Å². The molecule has 0 radical (unpaired) electrons. The molecule has 1 heterocycles. The molecule has 0 bridgehead atoms. The van der Waals surface area contributed by atoms with Gasteiger partial charge in [0.25, 0.3) is 0 Å². The summed E-state index contributed by atoms with van der Waals surface area (Å²) in [5.74, 6) is 1.01. The molecule has 106 valence electrons. The van der Waals surface area contributed by atoms with Crippen LogP contribution in [-0.2, 0) is 6.42 Å². The van der Waals surface area contributed by atoms with Crippen molar-refractivity contribution in [3.05, 3.63) is 53.7 Å². The number of benzene rings is 1. The lowest BCUT2D eigenvalue weighted by molar-refractivity contribution is 0.733. The summed E-state index contributed by atoms with van der Waals surface area (Å²) in [6.07, 6.45) is 2.68. The van der Waals surface area contributed by atoms with Crippen LogP contribution >= 0.6 is 0 Å². The largest absolute Gasteiger partial charge is 0.328 e.